The highest BCUT2D eigenvalue weighted by Gasteiger charge is 2.10. The molecule has 0 saturated carbocycles. The van der Waals surface area contributed by atoms with Crippen LogP contribution in [0.15, 0.2) is 36.4 Å². The molecule has 0 radical (unpaired) electrons. The average Bonchev–Trinajstić information content (AvgIpc) is 2.86. The molecule has 0 aliphatic heterocycles. The van der Waals surface area contributed by atoms with Gasteiger partial charge in [-0.25, -0.2) is 0 Å². The van der Waals surface area contributed by atoms with Gasteiger partial charge in [-0.15, -0.1) is 0 Å². The molecule has 0 heteroatoms. The Morgan fingerprint density at radius 2 is 0.824 bits per heavy atom. The second-order valence-corrected chi connectivity index (χ2v) is 10.4. The van der Waals surface area contributed by atoms with Crippen LogP contribution in [-0.2, 0) is 12.8 Å². The monoisotopic (exact) mass is 456 g/mol. The van der Waals surface area contributed by atoms with Gasteiger partial charge in [-0.05, 0) is 68.8 Å². The van der Waals surface area contributed by atoms with Crippen molar-refractivity contribution in [2.75, 3.05) is 0 Å². The van der Waals surface area contributed by atoms with Crippen LogP contribution in [0.5, 0.6) is 0 Å². The van der Waals surface area contributed by atoms with Crippen molar-refractivity contribution in [3.8, 4) is 0 Å². The summed E-state index contributed by atoms with van der Waals surface area (Å²) in [6, 6.07) is 13.6. The van der Waals surface area contributed by atoms with E-state index in [9.17, 15) is 0 Å². The molecule has 0 unspecified atom stereocenters. The molecule has 184 valence electrons. The number of fused-ring (bicyclic) bond motifs is 2. The van der Waals surface area contributed by atoms with Crippen molar-refractivity contribution in [2.24, 2.45) is 0 Å². The largest absolute Gasteiger partial charge is 0.0905 e. The van der Waals surface area contributed by atoms with Crippen LogP contribution in [0.2, 0.25) is 0 Å². The predicted molar refractivity (Wildman–Crippen MR) is 155 cm³/mol. The minimum Gasteiger partial charge on any atom is -0.0905 e. The molecule has 0 bridgehead atoms. The van der Waals surface area contributed by atoms with Crippen LogP contribution in [-0.4, -0.2) is 0 Å². The van der Waals surface area contributed by atoms with Crippen LogP contribution in [0, 0.1) is 0 Å². The number of aryl methyl sites for hydroxylation is 2. The second-order valence-electron chi connectivity index (χ2n) is 10.4. The molecule has 0 saturated heterocycles. The van der Waals surface area contributed by atoms with Crippen LogP contribution in [0.4, 0.5) is 0 Å². The highest BCUT2D eigenvalue weighted by Crippen LogP contribution is 2.23. The van der Waals surface area contributed by atoms with Crippen molar-refractivity contribution in [1.82, 2.24) is 0 Å². The van der Waals surface area contributed by atoms with E-state index in [1.165, 1.54) is 133 Å². The number of unbranched alkanes of at least 4 members (excludes halogenated alkanes) is 12. The highest BCUT2D eigenvalue weighted by atomic mass is 14.1. The SMILES string of the molecule is C=c1c2cccc(CCCCCCCCC)c2c(=C)c2cccc(CCCCCCCCC)c12. The first-order chi connectivity index (χ1) is 16.7. The van der Waals surface area contributed by atoms with Gasteiger partial charge in [-0.1, -0.05) is 140 Å². The molecule has 0 amide bonds. The van der Waals surface area contributed by atoms with Gasteiger partial charge < -0.3 is 0 Å². The van der Waals surface area contributed by atoms with Gasteiger partial charge >= 0.3 is 0 Å². The quantitative estimate of drug-likeness (QED) is 0.149. The lowest BCUT2D eigenvalue weighted by molar-refractivity contribution is 0.590. The van der Waals surface area contributed by atoms with Crippen molar-refractivity contribution in [2.45, 2.75) is 117 Å². The van der Waals surface area contributed by atoms with Gasteiger partial charge in [0.15, 0.2) is 0 Å². The van der Waals surface area contributed by atoms with Crippen LogP contribution >= 0.6 is 0 Å². The zero-order valence-corrected chi connectivity index (χ0v) is 22.2. The molecule has 3 rings (SSSR count). The third-order valence-corrected chi connectivity index (χ3v) is 7.65. The molecule has 0 N–H and O–H groups in total. The minimum atomic E-state index is 1.15. The summed E-state index contributed by atoms with van der Waals surface area (Å²) < 4.78 is 0. The smallest absolute Gasteiger partial charge is 0.00730 e. The Morgan fingerprint density at radius 3 is 1.21 bits per heavy atom. The van der Waals surface area contributed by atoms with E-state index in [0.29, 0.717) is 0 Å². The zero-order valence-electron chi connectivity index (χ0n) is 22.2. The molecule has 3 aromatic carbocycles. The molecule has 3 aromatic rings. The summed E-state index contributed by atoms with van der Waals surface area (Å²) in [7, 11) is 0. The van der Waals surface area contributed by atoms with E-state index >= 15 is 0 Å². The predicted octanol–water partition coefficient (Wildman–Crippen LogP) is 9.40. The number of hydrogen-bond acceptors (Lipinski definition) is 0. The first kappa shape index (κ1) is 26.5. The maximum absolute atomic E-state index is 4.61. The van der Waals surface area contributed by atoms with Gasteiger partial charge in [-0.3, -0.25) is 0 Å². The lowest BCUT2D eigenvalue weighted by Gasteiger charge is -2.14. The van der Waals surface area contributed by atoms with Gasteiger partial charge in [0.25, 0.3) is 0 Å². The maximum Gasteiger partial charge on any atom is -0.00730 e. The Hall–Kier alpha value is -2.08. The fourth-order valence-corrected chi connectivity index (χ4v) is 5.65. The summed E-state index contributed by atoms with van der Waals surface area (Å²) in [6.45, 7) is 13.8. The first-order valence-electron chi connectivity index (χ1n) is 14.3. The Balaban J connectivity index is 1.76. The van der Waals surface area contributed by atoms with Crippen molar-refractivity contribution in [3.63, 3.8) is 0 Å². The highest BCUT2D eigenvalue weighted by molar-refractivity contribution is 6.02. The van der Waals surface area contributed by atoms with Gasteiger partial charge in [0, 0.05) is 0 Å². The van der Waals surface area contributed by atoms with Gasteiger partial charge in [0.05, 0.1) is 0 Å². The zero-order chi connectivity index (χ0) is 24.2. The minimum absolute atomic E-state index is 1.15. The van der Waals surface area contributed by atoms with E-state index in [1.807, 2.05) is 0 Å². The van der Waals surface area contributed by atoms with E-state index in [1.54, 1.807) is 0 Å². The molecule has 34 heavy (non-hydrogen) atoms. The number of hydrogen-bond donors (Lipinski definition) is 0. The Kier molecular flexibility index (Phi) is 11.2. The molecular formula is C34H48. The second kappa shape index (κ2) is 14.3. The van der Waals surface area contributed by atoms with Crippen LogP contribution < -0.4 is 10.4 Å². The van der Waals surface area contributed by atoms with E-state index in [0.717, 1.165) is 12.8 Å². The normalized spacial score (nSPS) is 11.6. The summed E-state index contributed by atoms with van der Waals surface area (Å²) in [6.07, 6.45) is 21.2. The van der Waals surface area contributed by atoms with Crippen molar-refractivity contribution in [3.05, 3.63) is 58.0 Å². The van der Waals surface area contributed by atoms with Crippen LogP contribution in [0.3, 0.4) is 0 Å². The summed E-state index contributed by atoms with van der Waals surface area (Å²) in [5.74, 6) is 0. The van der Waals surface area contributed by atoms with Crippen molar-refractivity contribution >= 4 is 34.7 Å². The van der Waals surface area contributed by atoms with Gasteiger partial charge in [-0.2, -0.15) is 0 Å². The molecule has 0 aliphatic carbocycles. The lowest BCUT2D eigenvalue weighted by atomic mass is 9.90. The van der Waals surface area contributed by atoms with Crippen LogP contribution in [0.25, 0.3) is 34.7 Å². The standard InChI is InChI=1S/C34H48/c1-5-7-9-11-13-15-17-21-29-23-19-25-31-28(4)34-30(22-18-16-14-12-10-8-6-2)24-20-26-32(34)27(3)33(29)31/h19-20,23-26H,3-18,21-22H2,1-2H3. The fraction of sp³-hybridized carbons (Fsp3) is 0.529. The molecule has 0 aromatic heterocycles. The van der Waals surface area contributed by atoms with E-state index in [4.69, 9.17) is 0 Å². The molecule has 0 atom stereocenters. The number of rotatable bonds is 16. The van der Waals surface area contributed by atoms with Gasteiger partial charge in [0.2, 0.25) is 0 Å². The van der Waals surface area contributed by atoms with Crippen LogP contribution in [0.1, 0.15) is 115 Å². The molecule has 0 nitrogen and oxygen atoms in total. The Labute approximate surface area is 209 Å². The molecule has 0 spiro atoms. The third kappa shape index (κ3) is 6.97. The number of benzene rings is 3. The molecular weight excluding hydrogens is 408 g/mol. The fourth-order valence-electron chi connectivity index (χ4n) is 5.65. The summed E-state index contributed by atoms with van der Waals surface area (Å²) >= 11 is 0. The Morgan fingerprint density at radius 1 is 0.471 bits per heavy atom. The van der Waals surface area contributed by atoms with Gasteiger partial charge in [0.1, 0.15) is 0 Å². The molecule has 0 heterocycles. The van der Waals surface area contributed by atoms with Crippen molar-refractivity contribution in [1.29, 1.82) is 0 Å². The maximum atomic E-state index is 4.61. The summed E-state index contributed by atoms with van der Waals surface area (Å²) in [4.78, 5) is 0. The third-order valence-electron chi connectivity index (χ3n) is 7.65. The first-order valence-corrected chi connectivity index (χ1v) is 14.3. The average molecular weight is 457 g/mol. The summed E-state index contributed by atoms with van der Waals surface area (Å²) in [5.41, 5.74) is 2.92. The van der Waals surface area contributed by atoms with Crippen molar-refractivity contribution < 1.29 is 0 Å². The van der Waals surface area contributed by atoms with E-state index in [-0.39, 0.29) is 0 Å². The molecule has 0 aliphatic rings. The molecule has 0 fully saturated rings. The van der Waals surface area contributed by atoms with E-state index in [2.05, 4.69) is 63.4 Å². The summed E-state index contributed by atoms with van der Waals surface area (Å²) in [5, 5.41) is 7.75. The van der Waals surface area contributed by atoms with E-state index < -0.39 is 0 Å². The Bertz CT molecular complexity index is 1030. The topological polar surface area (TPSA) is 0 Å². The lowest BCUT2D eigenvalue weighted by Crippen LogP contribution is -2.16.